The Bertz CT molecular complexity index is 845. The zero-order chi connectivity index (χ0) is 17.4. The number of esters is 1. The molecular weight excluding hydrogens is 353 g/mol. The van der Waals surface area contributed by atoms with Gasteiger partial charge in [0.1, 0.15) is 5.57 Å². The molecule has 1 aromatic heterocycles. The molecule has 126 valence electrons. The van der Waals surface area contributed by atoms with E-state index in [9.17, 15) is 4.79 Å². The molecule has 0 fully saturated rings. The average Bonchev–Trinajstić information content (AvgIpc) is 2.87. The number of nitrogens with one attached hydrogen (secondary N) is 1. The Morgan fingerprint density at radius 3 is 2.88 bits per heavy atom. The number of hydrogen-bond acceptors (Lipinski definition) is 5. The van der Waals surface area contributed by atoms with Gasteiger partial charge in [0, 0.05) is 21.3 Å². The molecule has 0 saturated heterocycles. The van der Waals surface area contributed by atoms with Crippen LogP contribution in [0.2, 0.25) is 10.0 Å². The molecule has 2 heterocycles. The number of nitrogens with zero attached hydrogens (tertiary/aromatic N) is 1. The minimum Gasteiger partial charge on any atom is -0.462 e. The van der Waals surface area contributed by atoms with Crippen molar-refractivity contribution in [3.05, 3.63) is 56.5 Å². The third-order valence-electron chi connectivity index (χ3n) is 3.78. The fraction of sp³-hybridized carbons (Fsp3) is 0.250. The van der Waals surface area contributed by atoms with Crippen LogP contribution in [0.25, 0.3) is 0 Å². The van der Waals surface area contributed by atoms with E-state index in [0.29, 0.717) is 27.1 Å². The minimum absolute atomic E-state index is 0.0523. The maximum absolute atomic E-state index is 12.5. The molecule has 24 heavy (non-hydrogen) atoms. The Kier molecular flexibility index (Phi) is 4.43. The largest absolute Gasteiger partial charge is 0.462 e. The zero-order valence-electron chi connectivity index (χ0n) is 13.0. The van der Waals surface area contributed by atoms with E-state index in [1.54, 1.807) is 25.1 Å². The highest BCUT2D eigenvalue weighted by Gasteiger charge is 2.39. The van der Waals surface area contributed by atoms with Crippen LogP contribution < -0.4 is 10.5 Å². The first kappa shape index (κ1) is 16.7. The Morgan fingerprint density at radius 1 is 1.46 bits per heavy atom. The molecule has 0 radical (unpaired) electrons. The molecule has 0 aliphatic carbocycles. The van der Waals surface area contributed by atoms with E-state index in [4.69, 9.17) is 38.4 Å². The lowest BCUT2D eigenvalue weighted by Crippen LogP contribution is -2.27. The first-order chi connectivity index (χ1) is 11.4. The van der Waals surface area contributed by atoms with Gasteiger partial charge in [-0.15, -0.1) is 5.10 Å². The highest BCUT2D eigenvalue weighted by Crippen LogP contribution is 2.45. The summed E-state index contributed by atoms with van der Waals surface area (Å²) < 4.78 is 10.6. The summed E-state index contributed by atoms with van der Waals surface area (Å²) in [5.41, 5.74) is 8.27. The van der Waals surface area contributed by atoms with E-state index in [1.807, 2.05) is 6.92 Å². The van der Waals surface area contributed by atoms with Crippen molar-refractivity contribution in [3.63, 3.8) is 0 Å². The summed E-state index contributed by atoms with van der Waals surface area (Å²) >= 11 is 12.4. The van der Waals surface area contributed by atoms with Gasteiger partial charge in [-0.05, 0) is 31.5 Å². The number of aromatic amines is 1. The number of benzene rings is 1. The lowest BCUT2D eigenvalue weighted by atomic mass is 9.83. The van der Waals surface area contributed by atoms with Gasteiger partial charge >= 0.3 is 5.97 Å². The maximum atomic E-state index is 12.5. The molecule has 0 saturated carbocycles. The fourth-order valence-electron chi connectivity index (χ4n) is 2.75. The van der Waals surface area contributed by atoms with Crippen LogP contribution in [0.3, 0.4) is 0 Å². The number of hydrogen-bond donors (Lipinski definition) is 2. The van der Waals surface area contributed by atoms with Gasteiger partial charge in [0.25, 0.3) is 0 Å². The molecule has 1 atom stereocenters. The number of ether oxygens (including phenoxy) is 2. The van der Waals surface area contributed by atoms with Crippen LogP contribution in [0.4, 0.5) is 0 Å². The minimum atomic E-state index is -0.559. The van der Waals surface area contributed by atoms with Crippen LogP contribution >= 0.6 is 23.2 Å². The van der Waals surface area contributed by atoms with Crippen molar-refractivity contribution in [2.45, 2.75) is 19.8 Å². The first-order valence-electron chi connectivity index (χ1n) is 7.28. The van der Waals surface area contributed by atoms with Crippen molar-refractivity contribution in [2.75, 3.05) is 6.61 Å². The van der Waals surface area contributed by atoms with Crippen molar-refractivity contribution in [3.8, 4) is 5.88 Å². The van der Waals surface area contributed by atoms with Crippen LogP contribution in [0.5, 0.6) is 5.88 Å². The highest BCUT2D eigenvalue weighted by molar-refractivity contribution is 6.35. The fourth-order valence-corrected chi connectivity index (χ4v) is 3.27. The van der Waals surface area contributed by atoms with Crippen molar-refractivity contribution < 1.29 is 14.3 Å². The molecule has 3 N–H and O–H groups in total. The Labute approximate surface area is 148 Å². The molecule has 8 heteroatoms. The molecule has 0 bridgehead atoms. The van der Waals surface area contributed by atoms with Gasteiger partial charge in [0.2, 0.25) is 11.8 Å². The zero-order valence-corrected chi connectivity index (χ0v) is 14.5. The summed E-state index contributed by atoms with van der Waals surface area (Å²) in [7, 11) is 0. The second kappa shape index (κ2) is 6.37. The van der Waals surface area contributed by atoms with Crippen molar-refractivity contribution in [1.29, 1.82) is 0 Å². The molecular formula is C16H15Cl2N3O3. The monoisotopic (exact) mass is 367 g/mol. The lowest BCUT2D eigenvalue weighted by molar-refractivity contribution is -0.139. The van der Waals surface area contributed by atoms with E-state index < -0.39 is 11.9 Å². The molecule has 6 nitrogen and oxygen atoms in total. The van der Waals surface area contributed by atoms with Gasteiger partial charge in [-0.25, -0.2) is 4.79 Å². The summed E-state index contributed by atoms with van der Waals surface area (Å²) in [6.45, 7) is 3.77. The predicted octanol–water partition coefficient (Wildman–Crippen LogP) is 3.28. The highest BCUT2D eigenvalue weighted by atomic mass is 35.5. The average molecular weight is 368 g/mol. The summed E-state index contributed by atoms with van der Waals surface area (Å²) in [5, 5.41) is 7.84. The van der Waals surface area contributed by atoms with E-state index in [0.717, 1.165) is 5.69 Å². The third kappa shape index (κ3) is 2.72. The predicted molar refractivity (Wildman–Crippen MR) is 90.1 cm³/mol. The van der Waals surface area contributed by atoms with Crippen LogP contribution in [0.1, 0.15) is 29.7 Å². The molecule has 1 aliphatic heterocycles. The summed E-state index contributed by atoms with van der Waals surface area (Å²) in [6, 6.07) is 5.07. The number of aryl methyl sites for hydroxylation is 1. The first-order valence-corrected chi connectivity index (χ1v) is 8.04. The molecule has 3 rings (SSSR count). The number of aromatic nitrogens is 2. The second-order valence-corrected chi connectivity index (χ2v) is 6.11. The number of carbonyl (C=O) groups is 1. The van der Waals surface area contributed by atoms with Crippen LogP contribution in [0.15, 0.2) is 29.7 Å². The summed E-state index contributed by atoms with van der Waals surface area (Å²) in [4.78, 5) is 12.5. The Balaban J connectivity index is 2.23. The number of nitrogens with two attached hydrogens (primary N) is 1. The third-order valence-corrected chi connectivity index (χ3v) is 4.34. The van der Waals surface area contributed by atoms with Crippen LogP contribution in [-0.4, -0.2) is 22.8 Å². The van der Waals surface area contributed by atoms with Crippen LogP contribution in [-0.2, 0) is 9.53 Å². The Hall–Kier alpha value is -2.18. The number of halogens is 2. The van der Waals surface area contributed by atoms with Gasteiger partial charge in [0.05, 0.1) is 12.5 Å². The quantitative estimate of drug-likeness (QED) is 0.812. The van der Waals surface area contributed by atoms with E-state index in [1.165, 1.54) is 0 Å². The molecule has 1 aliphatic rings. The number of carbonyl (C=O) groups excluding carboxylic acids is 1. The van der Waals surface area contributed by atoms with Crippen molar-refractivity contribution in [2.24, 2.45) is 5.73 Å². The number of rotatable bonds is 3. The van der Waals surface area contributed by atoms with Gasteiger partial charge in [-0.1, -0.05) is 29.3 Å². The van der Waals surface area contributed by atoms with Gasteiger partial charge in [0.15, 0.2) is 0 Å². The normalized spacial score (nSPS) is 16.6. The van der Waals surface area contributed by atoms with Crippen LogP contribution in [0, 0.1) is 6.92 Å². The van der Waals surface area contributed by atoms with Crippen molar-refractivity contribution >= 4 is 29.2 Å². The molecule has 2 aromatic rings. The Morgan fingerprint density at radius 2 is 2.21 bits per heavy atom. The smallest absolute Gasteiger partial charge is 0.340 e. The molecule has 0 spiro atoms. The molecule has 1 unspecified atom stereocenters. The molecule has 0 amide bonds. The summed E-state index contributed by atoms with van der Waals surface area (Å²) in [5.74, 6) is -0.855. The number of fused-ring (bicyclic) bond motifs is 1. The topological polar surface area (TPSA) is 90.2 Å². The lowest BCUT2D eigenvalue weighted by Gasteiger charge is -2.26. The maximum Gasteiger partial charge on any atom is 0.340 e. The standard InChI is InChI=1S/C16H15Cl2N3O3/c1-3-23-16(22)13-12(9-5-4-8(17)6-10(9)18)11-7(2)20-21-15(11)24-14(13)19/h4-6,12H,3,19H2,1-2H3,(H,20,21). The van der Waals surface area contributed by atoms with Crippen molar-refractivity contribution in [1.82, 2.24) is 10.2 Å². The number of H-pyrrole nitrogens is 1. The second-order valence-electron chi connectivity index (χ2n) is 5.27. The van der Waals surface area contributed by atoms with Gasteiger partial charge in [-0.2, -0.15) is 0 Å². The molecule has 1 aromatic carbocycles. The SMILES string of the molecule is CCOC(=O)C1=C(N)Oc2n[nH]c(C)c2C1c1ccc(Cl)cc1Cl. The van der Waals surface area contributed by atoms with Gasteiger partial charge in [-0.3, -0.25) is 5.10 Å². The van der Waals surface area contributed by atoms with E-state index in [-0.39, 0.29) is 18.1 Å². The van der Waals surface area contributed by atoms with E-state index >= 15 is 0 Å². The van der Waals surface area contributed by atoms with E-state index in [2.05, 4.69) is 10.2 Å². The van der Waals surface area contributed by atoms with Gasteiger partial charge < -0.3 is 15.2 Å². The summed E-state index contributed by atoms with van der Waals surface area (Å²) in [6.07, 6.45) is 0.